The second kappa shape index (κ2) is 7.70. The van der Waals surface area contributed by atoms with Crippen molar-refractivity contribution in [3.05, 3.63) is 64.7 Å². The Bertz CT molecular complexity index is 870. The topological polar surface area (TPSA) is 56.1 Å². The monoisotopic (exact) mass is 373 g/mol. The van der Waals surface area contributed by atoms with Crippen molar-refractivity contribution in [2.24, 2.45) is 0 Å². The normalized spacial score (nSPS) is 14.3. The lowest BCUT2D eigenvalue weighted by Crippen LogP contribution is -2.23. The molecule has 4 nitrogen and oxygen atoms in total. The lowest BCUT2D eigenvalue weighted by Gasteiger charge is -2.16. The van der Waals surface area contributed by atoms with Crippen LogP contribution in [0.5, 0.6) is 0 Å². The van der Waals surface area contributed by atoms with E-state index in [4.69, 9.17) is 5.26 Å². The Labute approximate surface area is 155 Å². The van der Waals surface area contributed by atoms with E-state index in [9.17, 15) is 18.0 Å². The highest BCUT2D eigenvalue weighted by molar-refractivity contribution is 5.78. The number of nitrogens with zero attached hydrogens (tertiary/aromatic N) is 2. The fourth-order valence-electron chi connectivity index (χ4n) is 3.05. The van der Waals surface area contributed by atoms with Crippen LogP contribution in [0.15, 0.2) is 42.5 Å². The highest BCUT2D eigenvalue weighted by atomic mass is 19.4. The van der Waals surface area contributed by atoms with Crippen LogP contribution in [-0.4, -0.2) is 17.4 Å². The van der Waals surface area contributed by atoms with Gasteiger partial charge in [0.15, 0.2) is 0 Å². The van der Waals surface area contributed by atoms with Gasteiger partial charge in [-0.1, -0.05) is 24.3 Å². The van der Waals surface area contributed by atoms with Gasteiger partial charge < -0.3 is 10.2 Å². The van der Waals surface area contributed by atoms with Gasteiger partial charge in [-0.2, -0.15) is 18.4 Å². The van der Waals surface area contributed by atoms with E-state index >= 15 is 0 Å². The van der Waals surface area contributed by atoms with Crippen LogP contribution in [0.2, 0.25) is 0 Å². The van der Waals surface area contributed by atoms with Gasteiger partial charge in [-0.05, 0) is 35.7 Å². The van der Waals surface area contributed by atoms with Crippen LogP contribution in [0.4, 0.5) is 18.9 Å². The first-order valence-corrected chi connectivity index (χ1v) is 8.57. The third-order valence-corrected chi connectivity index (χ3v) is 4.50. The largest absolute Gasteiger partial charge is 0.418 e. The molecule has 1 saturated heterocycles. The molecule has 0 spiro atoms. The molecular weight excluding hydrogens is 355 g/mol. The molecule has 2 aromatic rings. The van der Waals surface area contributed by atoms with Crippen molar-refractivity contribution < 1.29 is 18.0 Å². The molecule has 0 bridgehead atoms. The lowest BCUT2D eigenvalue weighted by atomic mass is 10.1. The minimum atomic E-state index is -4.54. The molecule has 1 fully saturated rings. The number of rotatable bonds is 5. The van der Waals surface area contributed by atoms with Crippen LogP contribution in [0, 0.1) is 11.3 Å². The van der Waals surface area contributed by atoms with E-state index in [1.807, 2.05) is 24.3 Å². The van der Waals surface area contributed by atoms with Gasteiger partial charge in [0.25, 0.3) is 0 Å². The highest BCUT2D eigenvalue weighted by Crippen LogP contribution is 2.35. The average molecular weight is 373 g/mol. The van der Waals surface area contributed by atoms with Crippen molar-refractivity contribution in [1.82, 2.24) is 4.90 Å². The summed E-state index contributed by atoms with van der Waals surface area (Å²) >= 11 is 0. The number of carbonyl (C=O) groups is 1. The number of halogens is 3. The zero-order chi connectivity index (χ0) is 19.4. The number of hydrogen-bond donors (Lipinski definition) is 1. The molecule has 0 atom stereocenters. The Morgan fingerprint density at radius 2 is 1.81 bits per heavy atom. The minimum Gasteiger partial charge on any atom is -0.380 e. The predicted molar refractivity (Wildman–Crippen MR) is 94.6 cm³/mol. The molecule has 7 heteroatoms. The number of amides is 1. The van der Waals surface area contributed by atoms with Crippen LogP contribution in [-0.2, 0) is 24.1 Å². The van der Waals surface area contributed by atoms with Gasteiger partial charge in [-0.15, -0.1) is 0 Å². The van der Waals surface area contributed by atoms with Crippen molar-refractivity contribution in [2.75, 3.05) is 11.9 Å². The van der Waals surface area contributed by atoms with Crippen LogP contribution < -0.4 is 5.32 Å². The van der Waals surface area contributed by atoms with E-state index in [2.05, 4.69) is 5.32 Å². The lowest BCUT2D eigenvalue weighted by molar-refractivity contribution is -0.137. The van der Waals surface area contributed by atoms with Crippen LogP contribution in [0.25, 0.3) is 0 Å². The molecule has 0 unspecified atom stereocenters. The summed E-state index contributed by atoms with van der Waals surface area (Å²) in [6, 6.07) is 12.6. The highest BCUT2D eigenvalue weighted by Gasteiger charge is 2.33. The van der Waals surface area contributed by atoms with Gasteiger partial charge in [0.05, 0.1) is 17.2 Å². The first kappa shape index (κ1) is 18.8. The fraction of sp³-hybridized carbons (Fsp3) is 0.300. The number of anilines is 1. The van der Waals surface area contributed by atoms with E-state index in [1.165, 1.54) is 12.1 Å². The Balaban J connectivity index is 1.67. The summed E-state index contributed by atoms with van der Waals surface area (Å²) < 4.78 is 39.6. The van der Waals surface area contributed by atoms with Gasteiger partial charge in [0.1, 0.15) is 0 Å². The maximum absolute atomic E-state index is 13.2. The molecule has 0 radical (unpaired) electrons. The number of nitrogens with one attached hydrogen (secondary N) is 1. The first-order chi connectivity index (χ1) is 12.9. The van der Waals surface area contributed by atoms with Gasteiger partial charge in [-0.25, -0.2) is 0 Å². The van der Waals surface area contributed by atoms with E-state index in [-0.39, 0.29) is 23.7 Å². The summed E-state index contributed by atoms with van der Waals surface area (Å²) in [5.74, 6) is 0.154. The molecule has 0 saturated carbocycles. The van der Waals surface area contributed by atoms with Gasteiger partial charge in [0.2, 0.25) is 5.91 Å². The predicted octanol–water partition coefficient (Wildman–Crippen LogP) is 4.31. The molecule has 0 aromatic heterocycles. The quantitative estimate of drug-likeness (QED) is 0.850. The Hall–Kier alpha value is -3.01. The Morgan fingerprint density at radius 1 is 1.11 bits per heavy atom. The maximum atomic E-state index is 13.2. The Morgan fingerprint density at radius 3 is 2.41 bits per heavy atom. The summed E-state index contributed by atoms with van der Waals surface area (Å²) in [4.78, 5) is 13.5. The van der Waals surface area contributed by atoms with Gasteiger partial charge >= 0.3 is 6.18 Å². The third-order valence-electron chi connectivity index (χ3n) is 4.50. The second-order valence-corrected chi connectivity index (χ2v) is 6.46. The number of likely N-dealkylation sites (tertiary alicyclic amines) is 1. The number of benzene rings is 2. The maximum Gasteiger partial charge on any atom is 0.418 e. The van der Waals surface area contributed by atoms with Crippen molar-refractivity contribution in [2.45, 2.75) is 32.1 Å². The number of carbonyl (C=O) groups excluding carboxylic acids is 1. The number of hydrogen-bond acceptors (Lipinski definition) is 3. The molecule has 1 aliphatic heterocycles. The fourth-order valence-corrected chi connectivity index (χ4v) is 3.05. The summed E-state index contributed by atoms with van der Waals surface area (Å²) in [6.45, 7) is 1.54. The summed E-state index contributed by atoms with van der Waals surface area (Å²) in [6.07, 6.45) is -3.07. The zero-order valence-corrected chi connectivity index (χ0v) is 14.5. The summed E-state index contributed by atoms with van der Waals surface area (Å²) in [5.41, 5.74) is 0.861. The molecular formula is C20H18F3N3O. The molecule has 2 aromatic carbocycles. The van der Waals surface area contributed by atoms with Crippen molar-refractivity contribution >= 4 is 11.6 Å². The molecule has 1 aliphatic rings. The number of nitriles is 1. The molecule has 27 heavy (non-hydrogen) atoms. The van der Waals surface area contributed by atoms with E-state index in [1.54, 1.807) is 11.0 Å². The summed E-state index contributed by atoms with van der Waals surface area (Å²) in [7, 11) is 0. The molecule has 0 aliphatic carbocycles. The standard InChI is InChI=1S/C20H18F3N3O/c21-20(22,23)17-10-16(11-24)7-8-18(17)25-12-14-3-5-15(6-4-14)13-26-9-1-2-19(26)27/h3-8,10,25H,1-2,9,12-13H2. The smallest absolute Gasteiger partial charge is 0.380 e. The Kier molecular flexibility index (Phi) is 5.36. The summed E-state index contributed by atoms with van der Waals surface area (Å²) in [5, 5.41) is 11.6. The van der Waals surface area contributed by atoms with E-state index < -0.39 is 11.7 Å². The van der Waals surface area contributed by atoms with E-state index in [0.29, 0.717) is 13.0 Å². The minimum absolute atomic E-state index is 0.0336. The number of alkyl halides is 3. The third kappa shape index (κ3) is 4.59. The van der Waals surface area contributed by atoms with Crippen LogP contribution in [0.1, 0.15) is 35.1 Å². The molecule has 140 valence electrons. The van der Waals surface area contributed by atoms with Crippen molar-refractivity contribution in [1.29, 1.82) is 5.26 Å². The van der Waals surface area contributed by atoms with Crippen LogP contribution in [0.3, 0.4) is 0 Å². The SMILES string of the molecule is N#Cc1ccc(NCc2ccc(CN3CCCC3=O)cc2)c(C(F)(F)F)c1. The van der Waals surface area contributed by atoms with Gasteiger partial charge in [-0.3, -0.25) is 4.79 Å². The van der Waals surface area contributed by atoms with E-state index in [0.717, 1.165) is 30.2 Å². The zero-order valence-electron chi connectivity index (χ0n) is 14.5. The molecule has 1 amide bonds. The molecule has 1 heterocycles. The van der Waals surface area contributed by atoms with Crippen LogP contribution >= 0.6 is 0 Å². The van der Waals surface area contributed by atoms with Crippen molar-refractivity contribution in [3.63, 3.8) is 0 Å². The van der Waals surface area contributed by atoms with Crippen molar-refractivity contribution in [3.8, 4) is 6.07 Å². The first-order valence-electron chi connectivity index (χ1n) is 8.57. The van der Waals surface area contributed by atoms with Gasteiger partial charge in [0, 0.05) is 31.7 Å². The molecule has 1 N–H and O–H groups in total. The average Bonchev–Trinajstić information content (AvgIpc) is 3.05. The second-order valence-electron chi connectivity index (χ2n) is 6.46. The molecule has 3 rings (SSSR count).